The fourth-order valence-corrected chi connectivity index (χ4v) is 2.58. The van der Waals surface area contributed by atoms with Crippen molar-refractivity contribution in [2.45, 2.75) is 53.6 Å². The molecule has 0 aliphatic heterocycles. The van der Waals surface area contributed by atoms with Gasteiger partial charge in [-0.15, -0.1) is 0 Å². The molecule has 6 nitrogen and oxygen atoms in total. The van der Waals surface area contributed by atoms with Gasteiger partial charge in [-0.1, -0.05) is 5.16 Å². The van der Waals surface area contributed by atoms with Gasteiger partial charge in [0.15, 0.2) is 5.82 Å². The Morgan fingerprint density at radius 1 is 1.30 bits per heavy atom. The molecule has 1 unspecified atom stereocenters. The van der Waals surface area contributed by atoms with Crippen molar-refractivity contribution in [3.05, 3.63) is 28.7 Å². The average Bonchev–Trinajstić information content (AvgIpc) is 2.93. The molecule has 20 heavy (non-hydrogen) atoms. The summed E-state index contributed by atoms with van der Waals surface area (Å²) in [6.45, 7) is 12.0. The van der Waals surface area contributed by atoms with E-state index in [1.165, 1.54) is 11.3 Å². The fourth-order valence-electron chi connectivity index (χ4n) is 2.58. The van der Waals surface area contributed by atoms with Crippen LogP contribution in [0.5, 0.6) is 0 Å². The molecule has 0 saturated carbocycles. The molecule has 2 rings (SSSR count). The highest BCUT2D eigenvalue weighted by molar-refractivity contribution is 5.27. The Morgan fingerprint density at radius 3 is 2.60 bits per heavy atom. The number of rotatable bonds is 6. The van der Waals surface area contributed by atoms with E-state index in [4.69, 9.17) is 4.52 Å². The first-order valence-corrected chi connectivity index (χ1v) is 7.09. The minimum absolute atomic E-state index is 0.263. The van der Waals surface area contributed by atoms with Crippen molar-refractivity contribution in [2.24, 2.45) is 0 Å². The van der Waals surface area contributed by atoms with Gasteiger partial charge in [0.05, 0.1) is 5.69 Å². The van der Waals surface area contributed by atoms with Crippen LogP contribution in [0.25, 0.3) is 0 Å². The minimum Gasteiger partial charge on any atom is -0.339 e. The molecule has 6 heteroatoms. The molecule has 0 saturated heterocycles. The van der Waals surface area contributed by atoms with Gasteiger partial charge in [0.25, 0.3) is 0 Å². The summed E-state index contributed by atoms with van der Waals surface area (Å²) in [4.78, 5) is 4.20. The molecule has 2 aromatic rings. The number of hydrogen-bond donors (Lipinski definition) is 1. The summed E-state index contributed by atoms with van der Waals surface area (Å²) in [5.74, 6) is 1.36. The fraction of sp³-hybridized carbons (Fsp3) is 0.643. The Morgan fingerprint density at radius 2 is 2.05 bits per heavy atom. The monoisotopic (exact) mass is 277 g/mol. The first kappa shape index (κ1) is 14.7. The van der Waals surface area contributed by atoms with E-state index in [0.717, 1.165) is 25.2 Å². The highest BCUT2D eigenvalue weighted by atomic mass is 16.5. The third-order valence-corrected chi connectivity index (χ3v) is 3.53. The van der Waals surface area contributed by atoms with Crippen LogP contribution in [0.1, 0.15) is 48.6 Å². The van der Waals surface area contributed by atoms with Crippen molar-refractivity contribution in [1.29, 1.82) is 0 Å². The molecule has 1 N–H and O–H groups in total. The lowest BCUT2D eigenvalue weighted by atomic mass is 10.1. The first-order valence-electron chi connectivity index (χ1n) is 7.09. The zero-order valence-electron chi connectivity index (χ0n) is 12.9. The maximum atomic E-state index is 5.10. The molecule has 0 bridgehead atoms. The summed E-state index contributed by atoms with van der Waals surface area (Å²) < 4.78 is 7.15. The van der Waals surface area contributed by atoms with E-state index in [1.54, 1.807) is 0 Å². The second kappa shape index (κ2) is 6.17. The summed E-state index contributed by atoms with van der Waals surface area (Å²) in [6, 6.07) is 0.263. The molecule has 0 aliphatic rings. The van der Waals surface area contributed by atoms with Crippen molar-refractivity contribution < 1.29 is 4.52 Å². The van der Waals surface area contributed by atoms with Gasteiger partial charge in [0.1, 0.15) is 0 Å². The summed E-state index contributed by atoms with van der Waals surface area (Å²) in [5, 5.41) is 11.8. The molecule has 0 amide bonds. The predicted octanol–water partition coefficient (Wildman–Crippen LogP) is 2.10. The van der Waals surface area contributed by atoms with Gasteiger partial charge >= 0.3 is 0 Å². The van der Waals surface area contributed by atoms with Gasteiger partial charge in [0, 0.05) is 36.8 Å². The Kier molecular flexibility index (Phi) is 4.54. The number of aryl methyl sites for hydroxylation is 3. The van der Waals surface area contributed by atoms with Crippen LogP contribution >= 0.6 is 0 Å². The molecule has 0 fully saturated rings. The molecule has 0 radical (unpaired) electrons. The van der Waals surface area contributed by atoms with Crippen LogP contribution in [0, 0.1) is 20.8 Å². The van der Waals surface area contributed by atoms with E-state index in [0.29, 0.717) is 11.7 Å². The van der Waals surface area contributed by atoms with Crippen LogP contribution in [-0.4, -0.2) is 26.5 Å². The van der Waals surface area contributed by atoms with Crippen LogP contribution in [0.3, 0.4) is 0 Å². The molecule has 0 aliphatic carbocycles. The SMILES string of the molecule is CCn1nc(C)c(C(C)NCCc2nc(C)no2)c1C. The number of hydrogen-bond acceptors (Lipinski definition) is 5. The van der Waals surface area contributed by atoms with Crippen LogP contribution in [0.15, 0.2) is 4.52 Å². The maximum absolute atomic E-state index is 5.10. The number of nitrogens with one attached hydrogen (secondary N) is 1. The predicted molar refractivity (Wildman–Crippen MR) is 76.5 cm³/mol. The average molecular weight is 277 g/mol. The van der Waals surface area contributed by atoms with E-state index in [9.17, 15) is 0 Å². The second-order valence-electron chi connectivity index (χ2n) is 5.06. The summed E-state index contributed by atoms with van der Waals surface area (Å²) in [6.07, 6.45) is 0.741. The molecular weight excluding hydrogens is 254 g/mol. The number of aromatic nitrogens is 4. The third-order valence-electron chi connectivity index (χ3n) is 3.53. The number of nitrogens with zero attached hydrogens (tertiary/aromatic N) is 4. The van der Waals surface area contributed by atoms with Crippen LogP contribution in [0.4, 0.5) is 0 Å². The molecule has 0 aromatic carbocycles. The standard InChI is InChI=1S/C14H23N5O/c1-6-19-11(4)14(10(3)17-19)9(2)15-8-7-13-16-12(5)18-20-13/h9,15H,6-8H2,1-5H3. The van der Waals surface area contributed by atoms with Crippen molar-refractivity contribution in [1.82, 2.24) is 25.2 Å². The molecule has 110 valence electrons. The second-order valence-corrected chi connectivity index (χ2v) is 5.06. The Labute approximate surface area is 119 Å². The van der Waals surface area contributed by atoms with Crippen LogP contribution in [-0.2, 0) is 13.0 Å². The van der Waals surface area contributed by atoms with Gasteiger partial charge in [-0.25, -0.2) is 0 Å². The van der Waals surface area contributed by atoms with E-state index < -0.39 is 0 Å². The highest BCUT2D eigenvalue weighted by Gasteiger charge is 2.16. The van der Waals surface area contributed by atoms with E-state index in [-0.39, 0.29) is 6.04 Å². The minimum atomic E-state index is 0.263. The summed E-state index contributed by atoms with van der Waals surface area (Å²) in [7, 11) is 0. The molecule has 2 heterocycles. The topological polar surface area (TPSA) is 68.8 Å². The van der Waals surface area contributed by atoms with Crippen LogP contribution < -0.4 is 5.32 Å². The van der Waals surface area contributed by atoms with E-state index >= 15 is 0 Å². The third kappa shape index (κ3) is 3.07. The lowest BCUT2D eigenvalue weighted by molar-refractivity contribution is 0.370. The lowest BCUT2D eigenvalue weighted by Crippen LogP contribution is -2.22. The van der Waals surface area contributed by atoms with E-state index in [1.807, 2.05) is 11.6 Å². The van der Waals surface area contributed by atoms with Crippen molar-refractivity contribution in [3.8, 4) is 0 Å². The Hall–Kier alpha value is -1.69. The molecule has 2 aromatic heterocycles. The quantitative estimate of drug-likeness (QED) is 0.875. The summed E-state index contributed by atoms with van der Waals surface area (Å²) in [5.41, 5.74) is 3.62. The van der Waals surface area contributed by atoms with E-state index in [2.05, 4.69) is 48.3 Å². The zero-order valence-corrected chi connectivity index (χ0v) is 12.9. The smallest absolute Gasteiger partial charge is 0.227 e. The maximum Gasteiger partial charge on any atom is 0.227 e. The van der Waals surface area contributed by atoms with Gasteiger partial charge < -0.3 is 9.84 Å². The Bertz CT molecular complexity index is 572. The van der Waals surface area contributed by atoms with Gasteiger partial charge in [-0.3, -0.25) is 4.68 Å². The van der Waals surface area contributed by atoms with Crippen molar-refractivity contribution in [2.75, 3.05) is 6.54 Å². The van der Waals surface area contributed by atoms with Gasteiger partial charge in [-0.2, -0.15) is 10.1 Å². The molecular formula is C14H23N5O. The van der Waals surface area contributed by atoms with Crippen molar-refractivity contribution in [3.63, 3.8) is 0 Å². The van der Waals surface area contributed by atoms with Crippen molar-refractivity contribution >= 4 is 0 Å². The normalized spacial score (nSPS) is 12.8. The summed E-state index contributed by atoms with van der Waals surface area (Å²) >= 11 is 0. The largest absolute Gasteiger partial charge is 0.339 e. The first-order chi connectivity index (χ1) is 9.52. The van der Waals surface area contributed by atoms with Gasteiger partial charge in [-0.05, 0) is 34.6 Å². The highest BCUT2D eigenvalue weighted by Crippen LogP contribution is 2.21. The molecule has 1 atom stereocenters. The van der Waals surface area contributed by atoms with Gasteiger partial charge in [0.2, 0.25) is 5.89 Å². The molecule has 0 spiro atoms. The lowest BCUT2D eigenvalue weighted by Gasteiger charge is -2.14. The zero-order chi connectivity index (χ0) is 14.7. The van der Waals surface area contributed by atoms with Crippen LogP contribution in [0.2, 0.25) is 0 Å². The Balaban J connectivity index is 1.95.